The van der Waals surface area contributed by atoms with Crippen molar-refractivity contribution in [2.24, 2.45) is 11.8 Å². The second-order valence-corrected chi connectivity index (χ2v) is 11.5. The van der Waals surface area contributed by atoms with Crippen LogP contribution in [0.3, 0.4) is 0 Å². The monoisotopic (exact) mass is 609 g/mol. The van der Waals surface area contributed by atoms with Gasteiger partial charge in [0.05, 0.1) is 31.7 Å². The fraction of sp³-hybridized carbons (Fsp3) is 0.412. The molecule has 5 rings (SSSR count). The summed E-state index contributed by atoms with van der Waals surface area (Å²) in [6, 6.07) is 19.2. The predicted octanol–water partition coefficient (Wildman–Crippen LogP) is 6.41. The maximum atomic E-state index is 14.0. The van der Waals surface area contributed by atoms with E-state index >= 15 is 0 Å². The van der Waals surface area contributed by atoms with Crippen molar-refractivity contribution in [1.82, 2.24) is 10.2 Å². The number of halogens is 3. The van der Waals surface area contributed by atoms with Gasteiger partial charge in [0.25, 0.3) is 0 Å². The quantitative estimate of drug-likeness (QED) is 0.320. The lowest BCUT2D eigenvalue weighted by Gasteiger charge is -2.42. The molecule has 4 atom stereocenters. The Morgan fingerprint density at radius 3 is 2.30 bits per heavy atom. The van der Waals surface area contributed by atoms with Crippen molar-refractivity contribution in [1.29, 1.82) is 0 Å². The largest absolute Gasteiger partial charge is 0.497 e. The van der Waals surface area contributed by atoms with Gasteiger partial charge in [-0.05, 0) is 86.8 Å². The molecule has 2 aliphatic rings. The van der Waals surface area contributed by atoms with Crippen LogP contribution in [0, 0.1) is 11.8 Å². The lowest BCUT2D eigenvalue weighted by molar-refractivity contribution is -0.137. The molecular formula is C34H38F3N3O4. The second kappa shape index (κ2) is 13.3. The standard InChI is InChI=1S/C34H38F3N3O4/c1-39-20-6-7-23(31(39)22-10-12-24(13-11-22)34(35,36)37)21-38-33(42)28-18-19-30(41)40(25-14-16-26(43-2)17-15-25)32(28)27-8-4-5-9-29(27)44-3/h4-5,8-17,23,28,31-32H,6-7,18-21H2,1-3H3,(H,38,42). The summed E-state index contributed by atoms with van der Waals surface area (Å²) in [5, 5.41) is 3.18. The van der Waals surface area contributed by atoms with E-state index in [1.807, 2.05) is 43.4 Å². The van der Waals surface area contributed by atoms with Crippen LogP contribution in [0.25, 0.3) is 0 Å². The fourth-order valence-corrected chi connectivity index (χ4v) is 6.71. The van der Waals surface area contributed by atoms with Gasteiger partial charge in [-0.3, -0.25) is 14.5 Å². The highest BCUT2D eigenvalue weighted by molar-refractivity contribution is 5.97. The molecule has 4 unspecified atom stereocenters. The van der Waals surface area contributed by atoms with Crippen molar-refractivity contribution < 1.29 is 32.2 Å². The number of hydrogen-bond donors (Lipinski definition) is 1. The van der Waals surface area contributed by atoms with E-state index in [-0.39, 0.29) is 30.2 Å². The summed E-state index contributed by atoms with van der Waals surface area (Å²) in [5.41, 5.74) is 1.50. The first-order valence-electron chi connectivity index (χ1n) is 14.9. The number of piperidine rings is 2. The highest BCUT2D eigenvalue weighted by Crippen LogP contribution is 2.44. The van der Waals surface area contributed by atoms with Crippen molar-refractivity contribution in [3.8, 4) is 11.5 Å². The Morgan fingerprint density at radius 2 is 1.64 bits per heavy atom. The van der Waals surface area contributed by atoms with Crippen molar-refractivity contribution in [3.05, 3.63) is 89.5 Å². The predicted molar refractivity (Wildman–Crippen MR) is 161 cm³/mol. The van der Waals surface area contributed by atoms with E-state index in [9.17, 15) is 22.8 Å². The van der Waals surface area contributed by atoms with Gasteiger partial charge in [0.1, 0.15) is 11.5 Å². The smallest absolute Gasteiger partial charge is 0.416 e. The number of rotatable bonds is 8. The lowest BCUT2D eigenvalue weighted by Crippen LogP contribution is -2.50. The molecule has 0 radical (unpaired) electrons. The number of alkyl halides is 3. The summed E-state index contributed by atoms with van der Waals surface area (Å²) >= 11 is 0. The molecule has 0 aliphatic carbocycles. The molecule has 0 bridgehead atoms. The maximum absolute atomic E-state index is 14.0. The Kier molecular flexibility index (Phi) is 9.48. The van der Waals surface area contributed by atoms with E-state index in [1.165, 1.54) is 0 Å². The summed E-state index contributed by atoms with van der Waals surface area (Å²) in [4.78, 5) is 31.3. The van der Waals surface area contributed by atoms with Crippen LogP contribution in [0.15, 0.2) is 72.8 Å². The van der Waals surface area contributed by atoms with Crippen LogP contribution in [0.5, 0.6) is 11.5 Å². The molecule has 2 saturated heterocycles. The molecule has 2 amide bonds. The molecule has 0 aromatic heterocycles. The van der Waals surface area contributed by atoms with Crippen molar-refractivity contribution in [2.75, 3.05) is 39.3 Å². The highest BCUT2D eigenvalue weighted by atomic mass is 19.4. The number of anilines is 1. The van der Waals surface area contributed by atoms with Crippen molar-refractivity contribution in [3.63, 3.8) is 0 Å². The Hall–Kier alpha value is -4.05. The molecule has 2 heterocycles. The number of nitrogens with zero attached hydrogens (tertiary/aromatic N) is 2. The molecule has 10 heteroatoms. The molecule has 1 N–H and O–H groups in total. The van der Waals surface area contributed by atoms with Gasteiger partial charge in [0.2, 0.25) is 11.8 Å². The van der Waals surface area contributed by atoms with Gasteiger partial charge in [-0.25, -0.2) is 0 Å². The minimum atomic E-state index is -4.40. The number of methoxy groups -OCH3 is 2. The van der Waals surface area contributed by atoms with E-state index in [2.05, 4.69) is 10.2 Å². The van der Waals surface area contributed by atoms with E-state index in [0.29, 0.717) is 30.2 Å². The van der Waals surface area contributed by atoms with Gasteiger partial charge < -0.3 is 19.7 Å². The SMILES string of the molecule is COc1ccc(N2C(=O)CCC(C(=O)NCC3CCCN(C)C3c3ccc(C(F)(F)F)cc3)C2c2ccccc2OC)cc1. The summed E-state index contributed by atoms with van der Waals surface area (Å²) in [7, 11) is 5.11. The number of carbonyl (C=O) groups excluding carboxylic acids is 2. The maximum Gasteiger partial charge on any atom is 0.416 e. The Morgan fingerprint density at radius 1 is 0.932 bits per heavy atom. The number of nitrogens with one attached hydrogen (secondary N) is 1. The fourth-order valence-electron chi connectivity index (χ4n) is 6.71. The molecule has 3 aromatic rings. The summed E-state index contributed by atoms with van der Waals surface area (Å²) in [6.07, 6.45) is -2.08. The number of para-hydroxylation sites is 1. The molecule has 7 nitrogen and oxygen atoms in total. The third kappa shape index (κ3) is 6.55. The molecule has 0 spiro atoms. The molecule has 44 heavy (non-hydrogen) atoms. The van der Waals surface area contributed by atoms with Gasteiger partial charge in [0.15, 0.2) is 0 Å². The number of benzene rings is 3. The minimum absolute atomic E-state index is 0.00191. The normalized spacial score (nSPS) is 22.9. The molecule has 234 valence electrons. The Labute approximate surface area is 255 Å². The van der Waals surface area contributed by atoms with Gasteiger partial charge in [-0.1, -0.05) is 30.3 Å². The summed E-state index contributed by atoms with van der Waals surface area (Å²) in [5.74, 6) is 0.415. The third-order valence-electron chi connectivity index (χ3n) is 8.87. The summed E-state index contributed by atoms with van der Waals surface area (Å²) < 4.78 is 50.6. The molecular weight excluding hydrogens is 571 g/mol. The number of ether oxygens (including phenoxy) is 2. The number of likely N-dealkylation sites (tertiary alicyclic amines) is 1. The first-order valence-corrected chi connectivity index (χ1v) is 14.9. The zero-order valence-electron chi connectivity index (χ0n) is 25.1. The zero-order chi connectivity index (χ0) is 31.4. The number of amides is 2. The van der Waals surface area contributed by atoms with Crippen LogP contribution in [0.1, 0.15) is 54.5 Å². The zero-order valence-corrected chi connectivity index (χ0v) is 25.1. The van der Waals surface area contributed by atoms with Gasteiger partial charge >= 0.3 is 6.18 Å². The Bertz CT molecular complexity index is 1450. The summed E-state index contributed by atoms with van der Waals surface area (Å²) in [6.45, 7) is 1.17. The van der Waals surface area contributed by atoms with E-state index in [4.69, 9.17) is 9.47 Å². The van der Waals surface area contributed by atoms with Crippen LogP contribution in [-0.4, -0.2) is 51.1 Å². The van der Waals surface area contributed by atoms with E-state index < -0.39 is 23.7 Å². The van der Waals surface area contributed by atoms with Crippen LogP contribution in [0.4, 0.5) is 18.9 Å². The number of carbonyl (C=O) groups is 2. The van der Waals surface area contributed by atoms with E-state index in [1.54, 1.807) is 43.4 Å². The van der Waals surface area contributed by atoms with Crippen LogP contribution < -0.4 is 19.7 Å². The van der Waals surface area contributed by atoms with E-state index in [0.717, 1.165) is 42.6 Å². The van der Waals surface area contributed by atoms with Crippen LogP contribution in [0.2, 0.25) is 0 Å². The molecule has 2 fully saturated rings. The van der Waals surface area contributed by atoms with Gasteiger partial charge in [0, 0.05) is 30.3 Å². The first kappa shape index (κ1) is 31.4. The van der Waals surface area contributed by atoms with Crippen LogP contribution >= 0.6 is 0 Å². The molecule has 2 aliphatic heterocycles. The van der Waals surface area contributed by atoms with Gasteiger partial charge in [-0.15, -0.1) is 0 Å². The third-order valence-corrected chi connectivity index (χ3v) is 8.87. The average Bonchev–Trinajstić information content (AvgIpc) is 3.03. The lowest BCUT2D eigenvalue weighted by atomic mass is 9.82. The van der Waals surface area contributed by atoms with Crippen LogP contribution in [-0.2, 0) is 15.8 Å². The Balaban J connectivity index is 1.41. The van der Waals surface area contributed by atoms with Gasteiger partial charge in [-0.2, -0.15) is 13.2 Å². The van der Waals surface area contributed by atoms with Crippen molar-refractivity contribution in [2.45, 2.75) is 43.9 Å². The minimum Gasteiger partial charge on any atom is -0.497 e. The highest BCUT2D eigenvalue weighted by Gasteiger charge is 2.43. The topological polar surface area (TPSA) is 71.1 Å². The second-order valence-electron chi connectivity index (χ2n) is 11.5. The molecule has 0 saturated carbocycles. The molecule has 3 aromatic carbocycles. The average molecular weight is 610 g/mol. The number of hydrogen-bond acceptors (Lipinski definition) is 5. The first-order chi connectivity index (χ1) is 21.1. The van der Waals surface area contributed by atoms with Crippen molar-refractivity contribution >= 4 is 17.5 Å².